The molecule has 1 saturated carbocycles. The fourth-order valence-corrected chi connectivity index (χ4v) is 7.23. The Balaban J connectivity index is 1.32. The molecule has 2 bridgehead atoms. The van der Waals surface area contributed by atoms with E-state index in [4.69, 9.17) is 27.9 Å². The Morgan fingerprint density at radius 2 is 1.72 bits per heavy atom. The van der Waals surface area contributed by atoms with Crippen LogP contribution in [-0.2, 0) is 25.7 Å². The van der Waals surface area contributed by atoms with Crippen molar-refractivity contribution in [1.29, 1.82) is 0 Å². The summed E-state index contributed by atoms with van der Waals surface area (Å²) in [7, 11) is 0. The number of amides is 3. The van der Waals surface area contributed by atoms with Gasteiger partial charge < -0.3 is 20.3 Å². The van der Waals surface area contributed by atoms with Crippen molar-refractivity contribution in [2.45, 2.75) is 69.4 Å². The summed E-state index contributed by atoms with van der Waals surface area (Å²) < 4.78 is 6.44. The second kappa shape index (κ2) is 10.3. The van der Waals surface area contributed by atoms with Gasteiger partial charge in [-0.25, -0.2) is 0 Å². The number of fused-ring (bicyclic) bond motifs is 1. The predicted molar refractivity (Wildman–Crippen MR) is 149 cm³/mol. The fraction of sp³-hybridized carbons (Fsp3) is 0.433. The first-order valence-corrected chi connectivity index (χ1v) is 14.3. The van der Waals surface area contributed by atoms with Crippen LogP contribution in [0.15, 0.2) is 54.6 Å². The van der Waals surface area contributed by atoms with Gasteiger partial charge in [0.15, 0.2) is 0 Å². The first-order valence-electron chi connectivity index (χ1n) is 13.6. The van der Waals surface area contributed by atoms with E-state index < -0.39 is 29.6 Å². The molecule has 1 spiro atoms. The van der Waals surface area contributed by atoms with Crippen LogP contribution in [0.5, 0.6) is 0 Å². The summed E-state index contributed by atoms with van der Waals surface area (Å²) in [5.41, 5.74) is 1.25. The highest BCUT2D eigenvalue weighted by molar-refractivity contribution is 6.35. The zero-order chi connectivity index (χ0) is 27.3. The molecule has 9 heteroatoms. The van der Waals surface area contributed by atoms with Gasteiger partial charge in [0.05, 0.1) is 17.9 Å². The smallest absolute Gasteiger partial charge is 0.246 e. The van der Waals surface area contributed by atoms with E-state index in [1.54, 1.807) is 23.1 Å². The van der Waals surface area contributed by atoms with Crippen molar-refractivity contribution in [3.05, 3.63) is 75.8 Å². The van der Waals surface area contributed by atoms with Crippen molar-refractivity contribution in [1.82, 2.24) is 10.2 Å². The van der Waals surface area contributed by atoms with E-state index in [0.717, 1.165) is 36.8 Å². The van der Waals surface area contributed by atoms with Crippen molar-refractivity contribution in [2.75, 3.05) is 5.32 Å². The van der Waals surface area contributed by atoms with Crippen LogP contribution in [0.1, 0.15) is 43.2 Å². The number of carbonyl (C=O) groups excluding carboxylic acids is 3. The van der Waals surface area contributed by atoms with Crippen LogP contribution < -0.4 is 10.6 Å². The first-order chi connectivity index (χ1) is 18.7. The molecule has 1 aliphatic carbocycles. The zero-order valence-electron chi connectivity index (χ0n) is 21.7. The lowest BCUT2D eigenvalue weighted by molar-refractivity contribution is -0.142. The number of carbonyl (C=O) groups is 3. The summed E-state index contributed by atoms with van der Waals surface area (Å²) in [6.07, 6.45) is 8.20. The predicted octanol–water partition coefficient (Wildman–Crippen LogP) is 5.04. The number of likely N-dealkylation sites (tertiary alicyclic amines) is 1. The molecule has 0 unspecified atom stereocenters. The van der Waals surface area contributed by atoms with Crippen LogP contribution in [0.25, 0.3) is 0 Å². The molecule has 3 amide bonds. The van der Waals surface area contributed by atoms with Crippen molar-refractivity contribution in [2.24, 2.45) is 11.8 Å². The van der Waals surface area contributed by atoms with Crippen LogP contribution >= 0.6 is 23.2 Å². The monoisotopic (exact) mass is 567 g/mol. The fourth-order valence-electron chi connectivity index (χ4n) is 6.71. The minimum atomic E-state index is -1.21. The normalized spacial score (nSPS) is 29.5. The summed E-state index contributed by atoms with van der Waals surface area (Å²) in [5, 5.41) is 6.86. The van der Waals surface area contributed by atoms with Crippen molar-refractivity contribution in [3.63, 3.8) is 0 Å². The molecule has 204 valence electrons. The summed E-state index contributed by atoms with van der Waals surface area (Å²) in [6.45, 7) is 2.25. The quantitative estimate of drug-likeness (QED) is 0.478. The number of benzene rings is 2. The van der Waals surface area contributed by atoms with Crippen LogP contribution in [-0.4, -0.2) is 46.4 Å². The molecule has 2 N–H and O–H groups in total. The number of anilines is 1. The molecule has 6 rings (SSSR count). The van der Waals surface area contributed by atoms with Gasteiger partial charge in [-0.05, 0) is 43.5 Å². The molecular weight excluding hydrogens is 537 g/mol. The second-order valence-corrected chi connectivity index (χ2v) is 12.0. The summed E-state index contributed by atoms with van der Waals surface area (Å²) in [6, 6.07) is 11.9. The molecule has 2 aromatic carbocycles. The van der Waals surface area contributed by atoms with E-state index in [1.807, 2.05) is 43.3 Å². The molecule has 5 atom stereocenters. The SMILES string of the molecule is Cc1ccc(CN2C(=O)[C@@H]3[C@H](C(=O)Nc4cc(Cl)cc(Cl)c4)[C@@H]4C=C[C@@]3(O4)[C@@H]2C(=O)NC2CCCCC2)cc1. The molecule has 39 heavy (non-hydrogen) atoms. The Kier molecular flexibility index (Phi) is 6.94. The number of rotatable bonds is 6. The van der Waals surface area contributed by atoms with E-state index in [-0.39, 0.29) is 30.3 Å². The third-order valence-corrected chi connectivity index (χ3v) is 8.92. The van der Waals surface area contributed by atoms with Gasteiger partial charge >= 0.3 is 0 Å². The third-order valence-electron chi connectivity index (χ3n) is 8.48. The standard InChI is InChI=1S/C30H31Cl2N3O4/c1-17-7-9-18(10-8-17)16-35-26(28(37)33-21-5-3-2-4-6-21)30-12-11-23(39-30)24(25(30)29(35)38)27(36)34-22-14-19(31)13-20(32)15-22/h7-15,21,23-26H,2-6,16H2,1H3,(H,33,37)(H,34,36)/t23-,24+,25-,26-,30-/m0/s1. The van der Waals surface area contributed by atoms with E-state index in [2.05, 4.69) is 10.6 Å². The van der Waals surface area contributed by atoms with Gasteiger partial charge in [-0.2, -0.15) is 0 Å². The highest BCUT2D eigenvalue weighted by Crippen LogP contribution is 2.55. The highest BCUT2D eigenvalue weighted by Gasteiger charge is 2.72. The van der Waals surface area contributed by atoms with Crippen molar-refractivity contribution < 1.29 is 19.1 Å². The van der Waals surface area contributed by atoms with Gasteiger partial charge in [0.1, 0.15) is 11.6 Å². The van der Waals surface area contributed by atoms with Gasteiger partial charge in [0.2, 0.25) is 17.7 Å². The topological polar surface area (TPSA) is 87.7 Å². The highest BCUT2D eigenvalue weighted by atomic mass is 35.5. The van der Waals surface area contributed by atoms with E-state index in [1.165, 1.54) is 6.42 Å². The molecule has 0 aromatic heterocycles. The zero-order valence-corrected chi connectivity index (χ0v) is 23.2. The number of hydrogen-bond acceptors (Lipinski definition) is 4. The molecular formula is C30H31Cl2N3O4. The van der Waals surface area contributed by atoms with Gasteiger partial charge in [0.25, 0.3) is 0 Å². The van der Waals surface area contributed by atoms with Crippen LogP contribution in [0.2, 0.25) is 10.0 Å². The van der Waals surface area contributed by atoms with Crippen molar-refractivity contribution in [3.8, 4) is 0 Å². The second-order valence-electron chi connectivity index (χ2n) is 11.1. The van der Waals surface area contributed by atoms with Crippen LogP contribution in [0, 0.1) is 18.8 Å². The molecule has 2 saturated heterocycles. The number of aryl methyl sites for hydroxylation is 1. The molecule has 3 fully saturated rings. The minimum absolute atomic E-state index is 0.0762. The maximum atomic E-state index is 14.1. The van der Waals surface area contributed by atoms with Crippen molar-refractivity contribution >= 4 is 46.6 Å². The van der Waals surface area contributed by atoms with E-state index >= 15 is 0 Å². The molecule has 3 heterocycles. The first kappa shape index (κ1) is 26.4. The lowest BCUT2D eigenvalue weighted by Gasteiger charge is -2.34. The van der Waals surface area contributed by atoms with E-state index in [9.17, 15) is 14.4 Å². The number of halogens is 2. The lowest BCUT2D eigenvalue weighted by atomic mass is 9.74. The molecule has 4 aliphatic rings. The van der Waals surface area contributed by atoms with Gasteiger partial charge in [-0.1, -0.05) is 84.4 Å². The average Bonchev–Trinajstić information content (AvgIpc) is 3.53. The third kappa shape index (κ3) is 4.75. The largest absolute Gasteiger partial charge is 0.359 e. The number of nitrogens with zero attached hydrogens (tertiary/aromatic N) is 1. The molecule has 3 aliphatic heterocycles. The van der Waals surface area contributed by atoms with Gasteiger partial charge in [-0.3, -0.25) is 14.4 Å². The number of hydrogen-bond donors (Lipinski definition) is 2. The summed E-state index contributed by atoms with van der Waals surface area (Å²) >= 11 is 12.3. The number of nitrogens with one attached hydrogen (secondary N) is 2. The Morgan fingerprint density at radius 3 is 2.41 bits per heavy atom. The Bertz CT molecular complexity index is 1320. The Labute approximate surface area is 237 Å². The summed E-state index contributed by atoms with van der Waals surface area (Å²) in [4.78, 5) is 43.3. The van der Waals surface area contributed by atoms with Gasteiger partial charge in [0, 0.05) is 28.3 Å². The Hall–Kier alpha value is -2.87. The Morgan fingerprint density at radius 1 is 1.03 bits per heavy atom. The summed E-state index contributed by atoms with van der Waals surface area (Å²) in [5.74, 6) is -2.47. The number of ether oxygens (including phenoxy) is 1. The molecule has 2 aromatic rings. The average molecular weight is 569 g/mol. The van der Waals surface area contributed by atoms with Crippen LogP contribution in [0.3, 0.4) is 0 Å². The molecule has 0 radical (unpaired) electrons. The van der Waals surface area contributed by atoms with E-state index in [0.29, 0.717) is 15.7 Å². The van der Waals surface area contributed by atoms with Gasteiger partial charge in [-0.15, -0.1) is 0 Å². The lowest BCUT2D eigenvalue weighted by Crippen LogP contribution is -2.56. The minimum Gasteiger partial charge on any atom is -0.359 e. The molecule has 7 nitrogen and oxygen atoms in total. The maximum Gasteiger partial charge on any atom is 0.246 e. The maximum absolute atomic E-state index is 14.1. The van der Waals surface area contributed by atoms with Crippen LogP contribution in [0.4, 0.5) is 5.69 Å².